The number of aromatic amines is 1. The summed E-state index contributed by atoms with van der Waals surface area (Å²) in [6.45, 7) is 1.63. The Morgan fingerprint density at radius 1 is 1.35 bits per heavy atom. The lowest BCUT2D eigenvalue weighted by Gasteiger charge is -2.21. The van der Waals surface area contributed by atoms with E-state index in [2.05, 4.69) is 31.3 Å². The van der Waals surface area contributed by atoms with E-state index in [9.17, 15) is 9.59 Å². The van der Waals surface area contributed by atoms with E-state index >= 15 is 0 Å². The van der Waals surface area contributed by atoms with Gasteiger partial charge in [-0.3, -0.25) is 14.9 Å². The van der Waals surface area contributed by atoms with E-state index in [4.69, 9.17) is 0 Å². The Morgan fingerprint density at radius 2 is 2.10 bits per heavy atom. The number of nitrogens with one attached hydrogen (secondary N) is 3. The van der Waals surface area contributed by atoms with Crippen LogP contribution in [0.25, 0.3) is 0 Å². The summed E-state index contributed by atoms with van der Waals surface area (Å²) in [6, 6.07) is -0.621. The summed E-state index contributed by atoms with van der Waals surface area (Å²) in [7, 11) is 0. The number of carbonyl (C=O) groups is 2. The number of H-pyrrole nitrogens is 1. The average molecular weight is 280 g/mol. The van der Waals surface area contributed by atoms with Crippen molar-refractivity contribution >= 4 is 17.8 Å². The summed E-state index contributed by atoms with van der Waals surface area (Å²) in [4.78, 5) is 23.7. The molecule has 1 atom stereocenters. The predicted octanol–water partition coefficient (Wildman–Crippen LogP) is 0.613. The molecule has 1 aromatic heterocycles. The van der Waals surface area contributed by atoms with Crippen molar-refractivity contribution in [3.63, 3.8) is 0 Å². The Balaban J connectivity index is 1.73. The molecule has 0 bridgehead atoms. The van der Waals surface area contributed by atoms with Gasteiger partial charge in [0, 0.05) is 6.42 Å². The molecule has 110 valence electrons. The van der Waals surface area contributed by atoms with Gasteiger partial charge in [0.25, 0.3) is 5.95 Å². The SMILES string of the molecule is CC(NC(=O)CC1CCCCC1)C(=O)Nc1nn[nH]n1. The molecule has 8 heteroatoms. The first-order valence-electron chi connectivity index (χ1n) is 6.99. The third-order valence-corrected chi connectivity index (χ3v) is 3.55. The highest BCUT2D eigenvalue weighted by Gasteiger charge is 2.21. The van der Waals surface area contributed by atoms with E-state index in [0.717, 1.165) is 12.8 Å². The molecule has 0 aromatic carbocycles. The van der Waals surface area contributed by atoms with Crippen LogP contribution >= 0.6 is 0 Å². The van der Waals surface area contributed by atoms with Crippen LogP contribution in [0.4, 0.5) is 5.95 Å². The summed E-state index contributed by atoms with van der Waals surface area (Å²) in [5.74, 6) is 0.121. The minimum atomic E-state index is -0.621. The van der Waals surface area contributed by atoms with Crippen LogP contribution in [-0.4, -0.2) is 38.5 Å². The second-order valence-corrected chi connectivity index (χ2v) is 5.22. The quantitative estimate of drug-likeness (QED) is 0.731. The molecule has 0 spiro atoms. The van der Waals surface area contributed by atoms with Crippen molar-refractivity contribution < 1.29 is 9.59 Å². The molecule has 0 aliphatic heterocycles. The highest BCUT2D eigenvalue weighted by molar-refractivity contribution is 5.95. The first-order chi connectivity index (χ1) is 9.65. The number of hydrogen-bond acceptors (Lipinski definition) is 5. The molecule has 1 unspecified atom stereocenters. The normalized spacial score (nSPS) is 17.4. The fourth-order valence-electron chi connectivity index (χ4n) is 2.45. The monoisotopic (exact) mass is 280 g/mol. The number of amides is 2. The summed E-state index contributed by atoms with van der Waals surface area (Å²) < 4.78 is 0. The standard InChI is InChI=1S/C12H20N6O2/c1-8(11(20)14-12-15-17-18-16-12)13-10(19)7-9-5-3-2-4-6-9/h8-9H,2-7H2,1H3,(H,13,19)(H2,14,15,16,17,18,20). The molecule has 8 nitrogen and oxygen atoms in total. The van der Waals surface area contributed by atoms with Gasteiger partial charge in [-0.2, -0.15) is 5.21 Å². The van der Waals surface area contributed by atoms with Crippen LogP contribution in [0.5, 0.6) is 0 Å². The molecule has 0 radical (unpaired) electrons. The van der Waals surface area contributed by atoms with Crippen molar-refractivity contribution in [2.45, 2.75) is 51.5 Å². The van der Waals surface area contributed by atoms with Crippen molar-refractivity contribution in [3.05, 3.63) is 0 Å². The van der Waals surface area contributed by atoms with Crippen molar-refractivity contribution in [2.75, 3.05) is 5.32 Å². The molecule has 2 amide bonds. The molecular weight excluding hydrogens is 260 g/mol. The van der Waals surface area contributed by atoms with Gasteiger partial charge in [0.2, 0.25) is 11.8 Å². The maximum absolute atomic E-state index is 11.9. The lowest BCUT2D eigenvalue weighted by Crippen LogP contribution is -2.42. The minimum absolute atomic E-state index is 0.0762. The van der Waals surface area contributed by atoms with Gasteiger partial charge < -0.3 is 5.32 Å². The number of rotatable bonds is 5. The zero-order valence-electron chi connectivity index (χ0n) is 11.6. The van der Waals surface area contributed by atoms with Gasteiger partial charge in [0.1, 0.15) is 6.04 Å². The molecular formula is C12H20N6O2. The Morgan fingerprint density at radius 3 is 2.75 bits per heavy atom. The number of anilines is 1. The van der Waals surface area contributed by atoms with Gasteiger partial charge in [-0.1, -0.05) is 24.4 Å². The van der Waals surface area contributed by atoms with E-state index in [1.54, 1.807) is 6.92 Å². The number of tetrazole rings is 1. The van der Waals surface area contributed by atoms with Crippen molar-refractivity contribution in [1.29, 1.82) is 0 Å². The molecule has 1 heterocycles. The van der Waals surface area contributed by atoms with Gasteiger partial charge in [-0.25, -0.2) is 0 Å². The molecule has 3 N–H and O–H groups in total. The summed E-state index contributed by atoms with van der Waals surface area (Å²) in [6.07, 6.45) is 6.38. The van der Waals surface area contributed by atoms with Crippen LogP contribution in [0.2, 0.25) is 0 Å². The second-order valence-electron chi connectivity index (χ2n) is 5.22. The highest BCUT2D eigenvalue weighted by Crippen LogP contribution is 2.26. The zero-order valence-corrected chi connectivity index (χ0v) is 11.6. The van der Waals surface area contributed by atoms with Crippen LogP contribution in [0.15, 0.2) is 0 Å². The number of nitrogens with zero attached hydrogens (tertiary/aromatic N) is 3. The Bertz CT molecular complexity index is 441. The number of hydrogen-bond donors (Lipinski definition) is 3. The number of aromatic nitrogens is 4. The topological polar surface area (TPSA) is 113 Å². The maximum atomic E-state index is 11.9. The Kier molecular flexibility index (Phi) is 5.03. The molecule has 1 fully saturated rings. The molecule has 1 saturated carbocycles. The molecule has 0 saturated heterocycles. The lowest BCUT2D eigenvalue weighted by atomic mass is 9.87. The van der Waals surface area contributed by atoms with Gasteiger partial charge in [0.15, 0.2) is 0 Å². The summed E-state index contributed by atoms with van der Waals surface area (Å²) in [5, 5.41) is 18.0. The second kappa shape index (κ2) is 6.97. The van der Waals surface area contributed by atoms with Gasteiger partial charge in [0.05, 0.1) is 0 Å². The minimum Gasteiger partial charge on any atom is -0.345 e. The third-order valence-electron chi connectivity index (χ3n) is 3.55. The number of carbonyl (C=O) groups excluding carboxylic acids is 2. The molecule has 1 aliphatic carbocycles. The fraction of sp³-hybridized carbons (Fsp3) is 0.750. The Hall–Kier alpha value is -1.99. The highest BCUT2D eigenvalue weighted by atomic mass is 16.2. The first kappa shape index (κ1) is 14.4. The maximum Gasteiger partial charge on any atom is 0.269 e. The molecule has 20 heavy (non-hydrogen) atoms. The first-order valence-corrected chi connectivity index (χ1v) is 6.99. The summed E-state index contributed by atoms with van der Waals surface area (Å²) >= 11 is 0. The molecule has 1 aliphatic rings. The third kappa shape index (κ3) is 4.29. The Labute approximate surface area is 117 Å². The van der Waals surface area contributed by atoms with E-state index < -0.39 is 6.04 Å². The average Bonchev–Trinajstić information content (AvgIpc) is 2.92. The van der Waals surface area contributed by atoms with E-state index in [-0.39, 0.29) is 17.8 Å². The van der Waals surface area contributed by atoms with Crippen molar-refractivity contribution in [1.82, 2.24) is 25.9 Å². The van der Waals surface area contributed by atoms with Crippen molar-refractivity contribution in [2.24, 2.45) is 5.92 Å². The van der Waals surface area contributed by atoms with E-state index in [1.165, 1.54) is 19.3 Å². The van der Waals surface area contributed by atoms with Crippen LogP contribution < -0.4 is 10.6 Å². The predicted molar refractivity (Wildman–Crippen MR) is 71.6 cm³/mol. The zero-order chi connectivity index (χ0) is 14.4. The van der Waals surface area contributed by atoms with Crippen molar-refractivity contribution in [3.8, 4) is 0 Å². The summed E-state index contributed by atoms with van der Waals surface area (Å²) in [5.41, 5.74) is 0. The van der Waals surface area contributed by atoms with Gasteiger partial charge in [-0.05, 0) is 30.9 Å². The van der Waals surface area contributed by atoms with Gasteiger partial charge >= 0.3 is 0 Å². The largest absolute Gasteiger partial charge is 0.345 e. The van der Waals surface area contributed by atoms with E-state index in [0.29, 0.717) is 12.3 Å². The molecule has 2 rings (SSSR count). The van der Waals surface area contributed by atoms with Gasteiger partial charge in [-0.15, -0.1) is 5.10 Å². The van der Waals surface area contributed by atoms with Crippen LogP contribution in [0.3, 0.4) is 0 Å². The van der Waals surface area contributed by atoms with Crippen LogP contribution in [0, 0.1) is 5.92 Å². The van der Waals surface area contributed by atoms with Crippen LogP contribution in [-0.2, 0) is 9.59 Å². The molecule has 1 aromatic rings. The van der Waals surface area contributed by atoms with Crippen LogP contribution in [0.1, 0.15) is 45.4 Å². The smallest absolute Gasteiger partial charge is 0.269 e. The lowest BCUT2D eigenvalue weighted by molar-refractivity contribution is -0.127. The van der Waals surface area contributed by atoms with E-state index in [1.807, 2.05) is 0 Å². The fourth-order valence-corrected chi connectivity index (χ4v) is 2.45.